The smallest absolute Gasteiger partial charge is 0.211 e. The average molecular weight is 442 g/mol. The van der Waals surface area contributed by atoms with Crippen LogP contribution < -0.4 is 5.32 Å². The lowest BCUT2D eigenvalue weighted by molar-refractivity contribution is 0.293. The highest BCUT2D eigenvalue weighted by Gasteiger charge is 2.54. The molecule has 4 heterocycles. The lowest BCUT2D eigenvalue weighted by atomic mass is 9.94. The summed E-state index contributed by atoms with van der Waals surface area (Å²) in [6, 6.07) is 13.1. The van der Waals surface area contributed by atoms with E-state index in [2.05, 4.69) is 10.3 Å². The second kappa shape index (κ2) is 7.09. The maximum absolute atomic E-state index is 12.3. The highest BCUT2D eigenvalue weighted by molar-refractivity contribution is 7.88. The van der Waals surface area contributed by atoms with E-state index in [9.17, 15) is 8.42 Å². The van der Waals surface area contributed by atoms with E-state index in [1.165, 1.54) is 6.26 Å². The van der Waals surface area contributed by atoms with Crippen LogP contribution in [0.15, 0.2) is 54.9 Å². The van der Waals surface area contributed by atoms with Crippen LogP contribution in [0.4, 0.5) is 0 Å². The van der Waals surface area contributed by atoms with Crippen LogP contribution in [0, 0.1) is 0 Å². The Labute approximate surface area is 180 Å². The molecule has 30 heavy (non-hydrogen) atoms. The van der Waals surface area contributed by atoms with E-state index in [0.29, 0.717) is 30.4 Å². The number of hydrogen-bond donors (Lipinski definition) is 1. The van der Waals surface area contributed by atoms with Crippen molar-refractivity contribution in [3.63, 3.8) is 0 Å². The maximum atomic E-state index is 12.3. The molecular formula is C21H20ClN5O2S. The Morgan fingerprint density at radius 2 is 1.97 bits per heavy atom. The number of halogens is 1. The fourth-order valence-corrected chi connectivity index (χ4v) is 5.60. The van der Waals surface area contributed by atoms with Crippen molar-refractivity contribution in [2.24, 2.45) is 0 Å². The predicted octanol–water partition coefficient (Wildman–Crippen LogP) is 2.69. The Hall–Kier alpha value is -2.39. The van der Waals surface area contributed by atoms with Crippen molar-refractivity contribution in [1.29, 1.82) is 0 Å². The summed E-state index contributed by atoms with van der Waals surface area (Å²) < 4.78 is 26.1. The number of hydrogen-bond acceptors (Lipinski definition) is 6. The third-order valence-electron chi connectivity index (χ3n) is 5.80. The van der Waals surface area contributed by atoms with Gasteiger partial charge in [0.2, 0.25) is 10.0 Å². The van der Waals surface area contributed by atoms with Crippen LogP contribution >= 0.6 is 11.6 Å². The van der Waals surface area contributed by atoms with Crippen molar-refractivity contribution in [2.45, 2.75) is 18.0 Å². The van der Waals surface area contributed by atoms with Gasteiger partial charge >= 0.3 is 0 Å². The highest BCUT2D eigenvalue weighted by Crippen LogP contribution is 2.42. The molecule has 154 valence electrons. The number of benzene rings is 1. The number of aromatic nitrogens is 3. The molecule has 0 spiro atoms. The van der Waals surface area contributed by atoms with Crippen molar-refractivity contribution in [2.75, 3.05) is 19.3 Å². The molecule has 2 unspecified atom stereocenters. The first-order valence-corrected chi connectivity index (χ1v) is 11.8. The van der Waals surface area contributed by atoms with E-state index in [-0.39, 0.29) is 6.04 Å². The Morgan fingerprint density at radius 1 is 1.17 bits per heavy atom. The third-order valence-corrected chi connectivity index (χ3v) is 7.33. The minimum Gasteiger partial charge on any atom is -0.303 e. The third kappa shape index (κ3) is 3.39. The van der Waals surface area contributed by atoms with E-state index < -0.39 is 15.6 Å². The first kappa shape index (κ1) is 19.6. The quantitative estimate of drug-likeness (QED) is 0.669. The summed E-state index contributed by atoms with van der Waals surface area (Å²) in [4.78, 5) is 13.8. The Balaban J connectivity index is 1.65. The SMILES string of the molecule is CS(=O)(=O)N1CC2(c3cc(-c4ccc(Cl)cc4)nc(-c4cccnc4)n3)CC1CN2. The molecule has 0 radical (unpaired) electrons. The van der Waals surface area contributed by atoms with Crippen molar-refractivity contribution < 1.29 is 8.42 Å². The van der Waals surface area contributed by atoms with Gasteiger partial charge in [0.1, 0.15) is 0 Å². The number of nitrogens with zero attached hydrogens (tertiary/aromatic N) is 4. The first-order chi connectivity index (χ1) is 14.3. The van der Waals surface area contributed by atoms with Crippen LogP contribution in [0.5, 0.6) is 0 Å². The summed E-state index contributed by atoms with van der Waals surface area (Å²) >= 11 is 6.06. The normalized spacial score (nSPS) is 23.7. The summed E-state index contributed by atoms with van der Waals surface area (Å²) in [5, 5.41) is 4.17. The topological polar surface area (TPSA) is 88.1 Å². The van der Waals surface area contributed by atoms with Gasteiger partial charge in [-0.25, -0.2) is 18.4 Å². The molecule has 3 aromatic rings. The van der Waals surface area contributed by atoms with Crippen LogP contribution in [0.2, 0.25) is 5.02 Å². The Bertz CT molecular complexity index is 1200. The molecule has 9 heteroatoms. The maximum Gasteiger partial charge on any atom is 0.211 e. The highest BCUT2D eigenvalue weighted by atomic mass is 35.5. The van der Waals surface area contributed by atoms with Gasteiger partial charge < -0.3 is 5.32 Å². The monoisotopic (exact) mass is 441 g/mol. The van der Waals surface area contributed by atoms with Crippen molar-refractivity contribution in [1.82, 2.24) is 24.6 Å². The number of nitrogens with one attached hydrogen (secondary N) is 1. The van der Waals surface area contributed by atoms with Crippen LogP contribution in [0.3, 0.4) is 0 Å². The van der Waals surface area contributed by atoms with Gasteiger partial charge in [0.25, 0.3) is 0 Å². The van der Waals surface area contributed by atoms with Crippen LogP contribution in [-0.2, 0) is 15.6 Å². The van der Waals surface area contributed by atoms with Gasteiger partial charge in [-0.1, -0.05) is 23.7 Å². The van der Waals surface area contributed by atoms with Gasteiger partial charge in [-0.2, -0.15) is 4.31 Å². The lowest BCUT2D eigenvalue weighted by Gasteiger charge is -2.32. The van der Waals surface area contributed by atoms with Gasteiger partial charge in [-0.3, -0.25) is 4.98 Å². The fourth-order valence-electron chi connectivity index (χ4n) is 4.33. The van der Waals surface area contributed by atoms with E-state index >= 15 is 0 Å². The number of sulfonamides is 1. The molecule has 0 saturated carbocycles. The second-order valence-electron chi connectivity index (χ2n) is 7.84. The number of piperazine rings is 1. The molecule has 2 saturated heterocycles. The number of fused-ring (bicyclic) bond motifs is 2. The van der Waals surface area contributed by atoms with Gasteiger partial charge in [0, 0.05) is 47.7 Å². The minimum absolute atomic E-state index is 0.0595. The van der Waals surface area contributed by atoms with Crippen LogP contribution in [0.1, 0.15) is 12.1 Å². The van der Waals surface area contributed by atoms with Crippen molar-refractivity contribution >= 4 is 21.6 Å². The summed E-state index contributed by atoms with van der Waals surface area (Å²) in [5.74, 6) is 0.558. The molecule has 1 N–H and O–H groups in total. The van der Waals surface area contributed by atoms with Crippen LogP contribution in [0.25, 0.3) is 22.6 Å². The molecule has 0 amide bonds. The van der Waals surface area contributed by atoms with Gasteiger partial charge in [0.05, 0.1) is 23.2 Å². The summed E-state index contributed by atoms with van der Waals surface area (Å²) in [7, 11) is -3.28. The molecule has 2 bridgehead atoms. The summed E-state index contributed by atoms with van der Waals surface area (Å²) in [6.45, 7) is 0.968. The fraction of sp³-hybridized carbons (Fsp3) is 0.286. The number of rotatable bonds is 4. The molecule has 1 aromatic carbocycles. The van der Waals surface area contributed by atoms with Gasteiger partial charge in [-0.05, 0) is 36.8 Å². The molecule has 5 rings (SSSR count). The van der Waals surface area contributed by atoms with Crippen molar-refractivity contribution in [3.8, 4) is 22.6 Å². The largest absolute Gasteiger partial charge is 0.303 e. The van der Waals surface area contributed by atoms with Crippen molar-refractivity contribution in [3.05, 3.63) is 65.6 Å². The molecule has 2 aromatic heterocycles. The zero-order valence-electron chi connectivity index (χ0n) is 16.3. The standard InChI is InChI=1S/C21H20ClN5O2S/c1-30(28,29)27-13-21(10-17(27)12-24-21)19-9-18(14-4-6-16(22)7-5-14)25-20(26-19)15-3-2-8-23-11-15/h2-9,11,17,24H,10,12-13H2,1H3. The zero-order chi connectivity index (χ0) is 20.9. The molecule has 2 fully saturated rings. The first-order valence-electron chi connectivity index (χ1n) is 9.62. The number of pyridine rings is 1. The van der Waals surface area contributed by atoms with E-state index in [1.54, 1.807) is 16.7 Å². The zero-order valence-corrected chi connectivity index (χ0v) is 17.9. The summed E-state index contributed by atoms with van der Waals surface area (Å²) in [5.41, 5.74) is 2.73. The molecule has 7 nitrogen and oxygen atoms in total. The van der Waals surface area contributed by atoms with Gasteiger partial charge in [-0.15, -0.1) is 0 Å². The molecule has 2 aliphatic rings. The lowest BCUT2D eigenvalue weighted by Crippen LogP contribution is -2.51. The van der Waals surface area contributed by atoms with E-state index in [0.717, 1.165) is 22.5 Å². The molecule has 2 aliphatic heterocycles. The summed E-state index contributed by atoms with van der Waals surface area (Å²) in [6.07, 6.45) is 5.38. The Morgan fingerprint density at radius 3 is 2.63 bits per heavy atom. The van der Waals surface area contributed by atoms with E-state index in [1.807, 2.05) is 42.5 Å². The second-order valence-corrected chi connectivity index (χ2v) is 10.2. The average Bonchev–Trinajstić information content (AvgIpc) is 3.35. The van der Waals surface area contributed by atoms with Crippen LogP contribution in [-0.4, -0.2) is 53.1 Å². The van der Waals surface area contributed by atoms with E-state index in [4.69, 9.17) is 21.6 Å². The molecule has 0 aliphatic carbocycles. The molecular weight excluding hydrogens is 422 g/mol. The molecule has 2 atom stereocenters. The Kier molecular flexibility index (Phi) is 4.62. The van der Waals surface area contributed by atoms with Gasteiger partial charge in [0.15, 0.2) is 5.82 Å². The minimum atomic E-state index is -3.28. The predicted molar refractivity (Wildman–Crippen MR) is 115 cm³/mol.